The Morgan fingerprint density at radius 1 is 1.22 bits per heavy atom. The Bertz CT molecular complexity index is 1360. The van der Waals surface area contributed by atoms with Gasteiger partial charge in [-0.25, -0.2) is 4.39 Å². The van der Waals surface area contributed by atoms with Crippen molar-refractivity contribution in [2.24, 2.45) is 0 Å². The second kappa shape index (κ2) is 10.7. The highest BCUT2D eigenvalue weighted by atomic mass is 35.5. The molecule has 6 rings (SSSR count). The van der Waals surface area contributed by atoms with Crippen molar-refractivity contribution in [1.29, 1.82) is 0 Å². The van der Waals surface area contributed by atoms with Gasteiger partial charge in [-0.15, -0.1) is 11.3 Å². The van der Waals surface area contributed by atoms with Crippen molar-refractivity contribution < 1.29 is 23.9 Å². The maximum atomic E-state index is 15.4. The highest BCUT2D eigenvalue weighted by molar-refractivity contribution is 7.19. The van der Waals surface area contributed by atoms with Crippen LogP contribution in [0, 0.1) is 5.82 Å². The average Bonchev–Trinajstić information content (AvgIpc) is 3.61. The Morgan fingerprint density at radius 2 is 1.97 bits per heavy atom. The molecule has 2 N–H and O–H groups in total. The number of nitrogens with one attached hydrogen (secondary N) is 1. The maximum absolute atomic E-state index is 15.4. The van der Waals surface area contributed by atoms with Gasteiger partial charge in [0.2, 0.25) is 11.8 Å². The molecule has 1 aromatic carbocycles. The molecule has 2 fully saturated rings. The van der Waals surface area contributed by atoms with Crippen molar-refractivity contribution in [1.82, 2.24) is 15.2 Å². The number of rotatable bonds is 4. The van der Waals surface area contributed by atoms with E-state index in [0.717, 1.165) is 54.9 Å². The fourth-order valence-corrected chi connectivity index (χ4v) is 6.87. The number of aromatic nitrogens is 1. The zero-order valence-electron chi connectivity index (χ0n) is 20.0. The van der Waals surface area contributed by atoms with Crippen LogP contribution < -0.4 is 10.2 Å². The molecular formula is C26H26ClFN4O4S. The summed E-state index contributed by atoms with van der Waals surface area (Å²) in [4.78, 5) is 40.9. The minimum atomic E-state index is -0.456. The molecule has 3 aromatic rings. The summed E-state index contributed by atoms with van der Waals surface area (Å²) in [5.41, 5.74) is 4.54. The first kappa shape index (κ1) is 25.6. The van der Waals surface area contributed by atoms with Gasteiger partial charge in [-0.2, -0.15) is 0 Å². The molecule has 0 aliphatic carbocycles. The summed E-state index contributed by atoms with van der Waals surface area (Å²) in [5, 5.41) is 11.0. The third-order valence-corrected chi connectivity index (χ3v) is 8.48. The lowest BCUT2D eigenvalue weighted by Crippen LogP contribution is -2.40. The maximum Gasteiger partial charge on any atom is 0.290 e. The molecule has 3 aliphatic rings. The van der Waals surface area contributed by atoms with Gasteiger partial charge < -0.3 is 15.3 Å². The molecule has 1 atom stereocenters. The van der Waals surface area contributed by atoms with Gasteiger partial charge in [-0.3, -0.25) is 24.3 Å². The molecule has 5 heterocycles. The van der Waals surface area contributed by atoms with Crippen molar-refractivity contribution in [2.45, 2.75) is 44.7 Å². The summed E-state index contributed by atoms with van der Waals surface area (Å²) in [5.74, 6) is -0.957. The molecule has 11 heteroatoms. The summed E-state index contributed by atoms with van der Waals surface area (Å²) in [6.45, 7) is 2.64. The Hall–Kier alpha value is -3.08. The standard InChI is InChI=1S/C25H24ClFN4O2S.CH2O2/c26-15-10-14-2-1-9-30(16-5-7-28-12-16)24(14)18(11-15)17-6-8-29-23-22(27)19(34-25(17)23)13-31-20(32)3-4-21(31)33;2-1-3/h6,8,10-11,16,28H,1-5,7,9,12-13H2;1H,(H,2,3)/t16-;/m1./s1. The number of pyridine rings is 1. The lowest BCUT2D eigenvalue weighted by Gasteiger charge is -2.38. The minimum Gasteiger partial charge on any atom is -0.483 e. The molecule has 0 bridgehead atoms. The molecule has 3 aliphatic heterocycles. The smallest absolute Gasteiger partial charge is 0.290 e. The summed E-state index contributed by atoms with van der Waals surface area (Å²) >= 11 is 7.84. The molecule has 2 aromatic heterocycles. The third-order valence-electron chi connectivity index (χ3n) is 7.09. The molecule has 194 valence electrons. The van der Waals surface area contributed by atoms with E-state index in [2.05, 4.69) is 21.3 Å². The van der Waals surface area contributed by atoms with Crippen LogP contribution in [-0.4, -0.2) is 59.0 Å². The molecule has 2 saturated heterocycles. The Kier molecular flexibility index (Phi) is 7.41. The van der Waals surface area contributed by atoms with E-state index in [9.17, 15) is 9.59 Å². The predicted octanol–water partition coefficient (Wildman–Crippen LogP) is 4.22. The van der Waals surface area contributed by atoms with Crippen molar-refractivity contribution in [2.75, 3.05) is 24.5 Å². The number of halogens is 2. The lowest BCUT2D eigenvalue weighted by molar-refractivity contribution is -0.139. The number of carbonyl (C=O) groups is 3. The highest BCUT2D eigenvalue weighted by Gasteiger charge is 2.32. The van der Waals surface area contributed by atoms with Crippen LogP contribution in [0.25, 0.3) is 21.3 Å². The van der Waals surface area contributed by atoms with Gasteiger partial charge in [0.1, 0.15) is 5.52 Å². The number of likely N-dealkylation sites (tertiary alicyclic amines) is 1. The van der Waals surface area contributed by atoms with Crippen LogP contribution in [0.3, 0.4) is 0 Å². The normalized spacial score (nSPS) is 19.2. The summed E-state index contributed by atoms with van der Waals surface area (Å²) < 4.78 is 16.1. The molecular weight excluding hydrogens is 519 g/mol. The van der Waals surface area contributed by atoms with E-state index < -0.39 is 5.82 Å². The SMILES string of the molecule is O=C1CCC(=O)N1Cc1sc2c(-c3cc(Cl)cc4c3N([C@@H]3CCNC3)CCC4)ccnc2c1F.O=CO. The summed E-state index contributed by atoms with van der Waals surface area (Å²) in [6, 6.07) is 6.36. The first-order chi connectivity index (χ1) is 17.9. The highest BCUT2D eigenvalue weighted by Crippen LogP contribution is 2.45. The summed E-state index contributed by atoms with van der Waals surface area (Å²) in [6.07, 6.45) is 5.12. The molecule has 8 nitrogen and oxygen atoms in total. The summed E-state index contributed by atoms with van der Waals surface area (Å²) in [7, 11) is 0. The zero-order chi connectivity index (χ0) is 26.1. The largest absolute Gasteiger partial charge is 0.483 e. The van der Waals surface area contributed by atoms with Gasteiger partial charge in [-0.05, 0) is 49.6 Å². The van der Waals surface area contributed by atoms with E-state index in [1.54, 1.807) is 6.20 Å². The van der Waals surface area contributed by atoms with Crippen LogP contribution in [0.15, 0.2) is 24.4 Å². The number of anilines is 1. The zero-order valence-corrected chi connectivity index (χ0v) is 21.6. The van der Waals surface area contributed by atoms with E-state index in [1.807, 2.05) is 12.1 Å². The molecule has 0 radical (unpaired) electrons. The average molecular weight is 545 g/mol. The van der Waals surface area contributed by atoms with Crippen LogP contribution in [0.5, 0.6) is 0 Å². The van der Waals surface area contributed by atoms with E-state index in [4.69, 9.17) is 21.5 Å². The van der Waals surface area contributed by atoms with Crippen LogP contribution in [0.4, 0.5) is 10.1 Å². The Labute approximate surface area is 222 Å². The van der Waals surface area contributed by atoms with Crippen molar-refractivity contribution in [3.8, 4) is 11.1 Å². The van der Waals surface area contributed by atoms with E-state index in [1.165, 1.54) is 22.6 Å². The number of thiophene rings is 1. The van der Waals surface area contributed by atoms with Crippen molar-refractivity contribution in [3.63, 3.8) is 0 Å². The number of hydrogen-bond donors (Lipinski definition) is 2. The number of aryl methyl sites for hydroxylation is 1. The molecule has 0 unspecified atom stereocenters. The number of benzene rings is 1. The fraction of sp³-hybridized carbons (Fsp3) is 0.385. The van der Waals surface area contributed by atoms with Gasteiger partial charge >= 0.3 is 0 Å². The minimum absolute atomic E-state index is 0.0442. The Morgan fingerprint density at radius 3 is 2.68 bits per heavy atom. The third kappa shape index (κ3) is 4.81. The van der Waals surface area contributed by atoms with Crippen LogP contribution in [-0.2, 0) is 27.3 Å². The van der Waals surface area contributed by atoms with E-state index >= 15 is 4.39 Å². The molecule has 0 spiro atoms. The first-order valence-corrected chi connectivity index (χ1v) is 13.4. The van der Waals surface area contributed by atoms with Crippen LogP contribution in [0.1, 0.15) is 36.1 Å². The van der Waals surface area contributed by atoms with Gasteiger partial charge in [0, 0.05) is 60.0 Å². The van der Waals surface area contributed by atoms with Gasteiger partial charge in [0.25, 0.3) is 6.47 Å². The van der Waals surface area contributed by atoms with E-state index in [-0.39, 0.29) is 43.2 Å². The van der Waals surface area contributed by atoms with Gasteiger partial charge in [0.05, 0.1) is 16.1 Å². The molecule has 2 amide bonds. The number of imide groups is 1. The number of carboxylic acid groups (broad SMARTS) is 1. The Balaban J connectivity index is 0.000000892. The second-order valence-corrected chi connectivity index (χ2v) is 10.8. The number of amides is 2. The lowest BCUT2D eigenvalue weighted by atomic mass is 9.92. The topological polar surface area (TPSA) is 103 Å². The van der Waals surface area contributed by atoms with E-state index in [0.29, 0.717) is 20.6 Å². The quantitative estimate of drug-likeness (QED) is 0.374. The van der Waals surface area contributed by atoms with Gasteiger partial charge in [0.15, 0.2) is 5.82 Å². The van der Waals surface area contributed by atoms with Gasteiger partial charge in [-0.1, -0.05) is 11.6 Å². The number of nitrogens with zero attached hydrogens (tertiary/aromatic N) is 3. The number of fused-ring (bicyclic) bond motifs is 2. The fourth-order valence-electron chi connectivity index (χ4n) is 5.48. The first-order valence-electron chi connectivity index (χ1n) is 12.2. The molecule has 0 saturated carbocycles. The predicted molar refractivity (Wildman–Crippen MR) is 140 cm³/mol. The number of hydrogen-bond acceptors (Lipinski definition) is 7. The van der Waals surface area contributed by atoms with Crippen LogP contribution >= 0.6 is 22.9 Å². The van der Waals surface area contributed by atoms with Crippen molar-refractivity contribution in [3.05, 3.63) is 45.7 Å². The molecule has 37 heavy (non-hydrogen) atoms. The number of carbonyl (C=O) groups excluding carboxylic acids is 2. The second-order valence-electron chi connectivity index (χ2n) is 9.26. The monoisotopic (exact) mass is 544 g/mol. The van der Waals surface area contributed by atoms with Crippen molar-refractivity contribution >= 4 is 57.1 Å². The van der Waals surface area contributed by atoms with Crippen LogP contribution in [0.2, 0.25) is 5.02 Å².